The van der Waals surface area contributed by atoms with E-state index in [-0.39, 0.29) is 13.0 Å². The predicted octanol–water partition coefficient (Wildman–Crippen LogP) is 1.54. The largest absolute Gasteiger partial charge is 0.466 e. The summed E-state index contributed by atoms with van der Waals surface area (Å²) in [6.45, 7) is 5.07. The van der Waals surface area contributed by atoms with E-state index in [0.29, 0.717) is 12.8 Å². The molecular weight excluding hydrogens is 292 g/mol. The van der Waals surface area contributed by atoms with Gasteiger partial charge in [-0.2, -0.15) is 0 Å². The zero-order valence-electron chi connectivity index (χ0n) is 13.3. The first-order valence-corrected chi connectivity index (χ1v) is 6.84. The Bertz CT molecular complexity index is 443. The molecule has 7 heteroatoms. The monoisotopic (exact) mass is 314 g/mol. The number of hydrogen-bond acceptors (Lipinski definition) is 7. The van der Waals surface area contributed by atoms with Gasteiger partial charge in [0.25, 0.3) is 0 Å². The quantitative estimate of drug-likeness (QED) is 0.231. The van der Waals surface area contributed by atoms with E-state index in [1.54, 1.807) is 20.8 Å². The maximum absolute atomic E-state index is 11.4. The van der Waals surface area contributed by atoms with Crippen molar-refractivity contribution < 1.29 is 33.4 Å². The van der Waals surface area contributed by atoms with Crippen molar-refractivity contribution in [2.24, 2.45) is 5.41 Å². The van der Waals surface area contributed by atoms with Crippen LogP contribution in [0.3, 0.4) is 0 Å². The minimum Gasteiger partial charge on any atom is -0.466 e. The first kappa shape index (κ1) is 19.8. The van der Waals surface area contributed by atoms with Crippen molar-refractivity contribution in [1.29, 1.82) is 0 Å². The van der Waals surface area contributed by atoms with E-state index in [1.807, 2.05) is 0 Å². The van der Waals surface area contributed by atoms with E-state index in [0.717, 1.165) is 12.2 Å². The standard InChI is InChI=1S/C15H22O7/c1-15(2,3)14(19)22-13(18)7-5-6-10-21-12(17)9-8-11(16)20-4/h8-9H,5-7,10H2,1-4H3/b9-8-. The molecule has 0 atom stereocenters. The lowest BCUT2D eigenvalue weighted by Crippen LogP contribution is -2.25. The molecule has 0 amide bonds. The summed E-state index contributed by atoms with van der Waals surface area (Å²) in [5.74, 6) is -2.49. The average Bonchev–Trinajstić information content (AvgIpc) is 2.43. The van der Waals surface area contributed by atoms with Gasteiger partial charge in [-0.15, -0.1) is 0 Å². The number of methoxy groups -OCH3 is 1. The summed E-state index contributed by atoms with van der Waals surface area (Å²) in [6.07, 6.45) is 2.85. The molecule has 0 unspecified atom stereocenters. The summed E-state index contributed by atoms with van der Waals surface area (Å²) < 4.78 is 13.8. The van der Waals surface area contributed by atoms with Gasteiger partial charge in [0.2, 0.25) is 0 Å². The number of hydrogen-bond donors (Lipinski definition) is 0. The summed E-state index contributed by atoms with van der Waals surface area (Å²) in [7, 11) is 1.20. The minimum absolute atomic E-state index is 0.0668. The van der Waals surface area contributed by atoms with Crippen molar-refractivity contribution in [2.45, 2.75) is 40.0 Å². The number of unbranched alkanes of at least 4 members (excludes halogenated alkanes) is 1. The molecule has 0 rings (SSSR count). The fraction of sp³-hybridized carbons (Fsp3) is 0.600. The molecule has 0 aromatic carbocycles. The second-order valence-electron chi connectivity index (χ2n) is 5.49. The molecule has 0 aromatic heterocycles. The molecule has 0 saturated heterocycles. The smallest absolute Gasteiger partial charge is 0.331 e. The highest BCUT2D eigenvalue weighted by Crippen LogP contribution is 2.15. The molecule has 0 saturated carbocycles. The van der Waals surface area contributed by atoms with Crippen LogP contribution in [0.2, 0.25) is 0 Å². The highest BCUT2D eigenvalue weighted by Gasteiger charge is 2.25. The molecule has 0 spiro atoms. The average molecular weight is 314 g/mol. The van der Waals surface area contributed by atoms with E-state index in [4.69, 9.17) is 4.74 Å². The SMILES string of the molecule is COC(=O)/C=C\C(=O)OCCCCC(=O)OC(=O)C(C)(C)C. The van der Waals surface area contributed by atoms with Crippen molar-refractivity contribution in [1.82, 2.24) is 0 Å². The molecule has 0 aliphatic carbocycles. The van der Waals surface area contributed by atoms with Gasteiger partial charge in [0.1, 0.15) is 0 Å². The highest BCUT2D eigenvalue weighted by molar-refractivity contribution is 5.91. The lowest BCUT2D eigenvalue weighted by molar-refractivity contribution is -0.165. The molecule has 0 heterocycles. The molecule has 22 heavy (non-hydrogen) atoms. The number of rotatable bonds is 7. The number of ether oxygens (including phenoxy) is 3. The third kappa shape index (κ3) is 9.68. The third-order valence-corrected chi connectivity index (χ3v) is 2.40. The van der Waals surface area contributed by atoms with Gasteiger partial charge in [-0.05, 0) is 33.6 Å². The summed E-state index contributed by atoms with van der Waals surface area (Å²) in [5.41, 5.74) is -0.725. The Balaban J connectivity index is 3.79. The molecule has 0 aromatic rings. The predicted molar refractivity (Wildman–Crippen MR) is 76.5 cm³/mol. The van der Waals surface area contributed by atoms with Crippen LogP contribution in [0.1, 0.15) is 40.0 Å². The first-order chi connectivity index (χ1) is 10.2. The Morgan fingerprint density at radius 1 is 0.955 bits per heavy atom. The number of carbonyl (C=O) groups is 4. The van der Waals surface area contributed by atoms with Crippen molar-refractivity contribution in [3.8, 4) is 0 Å². The van der Waals surface area contributed by atoms with Gasteiger partial charge in [0.05, 0.1) is 19.1 Å². The Kier molecular flexibility index (Phi) is 8.74. The molecule has 0 radical (unpaired) electrons. The van der Waals surface area contributed by atoms with E-state index in [2.05, 4.69) is 9.47 Å². The Morgan fingerprint density at radius 2 is 1.55 bits per heavy atom. The van der Waals surface area contributed by atoms with Crippen molar-refractivity contribution in [3.63, 3.8) is 0 Å². The van der Waals surface area contributed by atoms with Gasteiger partial charge in [-0.25, -0.2) is 9.59 Å². The molecule has 7 nitrogen and oxygen atoms in total. The minimum atomic E-state index is -0.725. The maximum atomic E-state index is 11.4. The molecule has 0 N–H and O–H groups in total. The van der Waals surface area contributed by atoms with Crippen LogP contribution in [-0.4, -0.2) is 37.6 Å². The second-order valence-corrected chi connectivity index (χ2v) is 5.49. The van der Waals surface area contributed by atoms with Crippen molar-refractivity contribution in [2.75, 3.05) is 13.7 Å². The molecule has 0 bridgehead atoms. The van der Waals surface area contributed by atoms with Crippen LogP contribution in [0.5, 0.6) is 0 Å². The number of esters is 4. The van der Waals surface area contributed by atoms with Crippen molar-refractivity contribution in [3.05, 3.63) is 12.2 Å². The van der Waals surface area contributed by atoms with Crippen molar-refractivity contribution >= 4 is 23.9 Å². The fourth-order valence-electron chi connectivity index (χ4n) is 1.10. The normalized spacial score (nSPS) is 11.1. The Morgan fingerprint density at radius 3 is 2.09 bits per heavy atom. The van der Waals surface area contributed by atoms with E-state index >= 15 is 0 Å². The maximum Gasteiger partial charge on any atom is 0.331 e. The van der Waals surface area contributed by atoms with Gasteiger partial charge in [-0.1, -0.05) is 0 Å². The van der Waals surface area contributed by atoms with Gasteiger partial charge in [0.15, 0.2) is 0 Å². The van der Waals surface area contributed by atoms with Crippen LogP contribution >= 0.6 is 0 Å². The van der Waals surface area contributed by atoms with Gasteiger partial charge >= 0.3 is 23.9 Å². The number of carbonyl (C=O) groups excluding carboxylic acids is 4. The highest BCUT2D eigenvalue weighted by atomic mass is 16.6. The lowest BCUT2D eigenvalue weighted by Gasteiger charge is -2.15. The molecule has 124 valence electrons. The van der Waals surface area contributed by atoms with Gasteiger partial charge in [0, 0.05) is 18.6 Å². The van der Waals surface area contributed by atoms with E-state index < -0.39 is 29.3 Å². The third-order valence-electron chi connectivity index (χ3n) is 2.40. The summed E-state index contributed by atoms with van der Waals surface area (Å²) in [5, 5.41) is 0. The lowest BCUT2D eigenvalue weighted by atomic mass is 9.97. The van der Waals surface area contributed by atoms with Crippen LogP contribution in [0.4, 0.5) is 0 Å². The summed E-state index contributed by atoms with van der Waals surface area (Å²) >= 11 is 0. The Labute approximate surface area is 129 Å². The molecule has 0 fully saturated rings. The fourth-order valence-corrected chi connectivity index (χ4v) is 1.10. The summed E-state index contributed by atoms with van der Waals surface area (Å²) in [4.78, 5) is 44.7. The van der Waals surface area contributed by atoms with Crippen LogP contribution in [-0.2, 0) is 33.4 Å². The summed E-state index contributed by atoms with van der Waals surface area (Å²) in [6, 6.07) is 0. The molecular formula is C15H22O7. The van der Waals surface area contributed by atoms with Crippen LogP contribution in [0, 0.1) is 5.41 Å². The van der Waals surface area contributed by atoms with Crippen LogP contribution in [0.25, 0.3) is 0 Å². The second kappa shape index (κ2) is 9.70. The van der Waals surface area contributed by atoms with Crippen LogP contribution < -0.4 is 0 Å². The van der Waals surface area contributed by atoms with E-state index in [1.165, 1.54) is 7.11 Å². The molecule has 0 aliphatic rings. The van der Waals surface area contributed by atoms with Gasteiger partial charge < -0.3 is 14.2 Å². The zero-order valence-corrected chi connectivity index (χ0v) is 13.3. The van der Waals surface area contributed by atoms with Crippen LogP contribution in [0.15, 0.2) is 12.2 Å². The molecule has 0 aliphatic heterocycles. The van der Waals surface area contributed by atoms with E-state index in [9.17, 15) is 19.2 Å². The van der Waals surface area contributed by atoms with Gasteiger partial charge in [-0.3, -0.25) is 9.59 Å². The zero-order chi connectivity index (χ0) is 17.2. The topological polar surface area (TPSA) is 96.0 Å². The Hall–Kier alpha value is -2.18. The first-order valence-electron chi connectivity index (χ1n) is 6.84.